The first-order valence-corrected chi connectivity index (χ1v) is 4.15. The van der Waals surface area contributed by atoms with Gasteiger partial charge in [0.2, 0.25) is 0 Å². The summed E-state index contributed by atoms with van der Waals surface area (Å²) < 4.78 is 0. The fraction of sp³-hybridized carbons (Fsp3) is 0.778. The van der Waals surface area contributed by atoms with Crippen molar-refractivity contribution < 1.29 is 5.11 Å². The average Bonchev–Trinajstić information content (AvgIpc) is 2.04. The molecule has 0 amide bonds. The Hall–Kier alpha value is -0.550. The van der Waals surface area contributed by atoms with E-state index in [9.17, 15) is 0 Å². The predicted molar refractivity (Wildman–Crippen MR) is 44.7 cm³/mol. The fourth-order valence-corrected chi connectivity index (χ4v) is 0.905. The van der Waals surface area contributed by atoms with Crippen molar-refractivity contribution >= 4 is 0 Å². The minimum Gasteiger partial charge on any atom is -0.393 e. The van der Waals surface area contributed by atoms with E-state index >= 15 is 0 Å². The SMILES string of the molecule is [CH2]CC(O)CCCCCC#N. The third-order valence-electron chi connectivity index (χ3n) is 1.66. The van der Waals surface area contributed by atoms with Crippen LogP contribution in [0.3, 0.4) is 0 Å². The Balaban J connectivity index is 2.97. The van der Waals surface area contributed by atoms with Gasteiger partial charge in [-0.2, -0.15) is 5.26 Å². The summed E-state index contributed by atoms with van der Waals surface area (Å²) in [7, 11) is 0. The highest BCUT2D eigenvalue weighted by atomic mass is 16.3. The van der Waals surface area contributed by atoms with Crippen LogP contribution in [-0.4, -0.2) is 11.2 Å². The van der Waals surface area contributed by atoms with E-state index in [1.165, 1.54) is 0 Å². The quantitative estimate of drug-likeness (QED) is 0.595. The van der Waals surface area contributed by atoms with Gasteiger partial charge in [-0.15, -0.1) is 0 Å². The fourth-order valence-electron chi connectivity index (χ4n) is 0.905. The second-order valence-corrected chi connectivity index (χ2v) is 2.70. The highest BCUT2D eigenvalue weighted by Gasteiger charge is 1.98. The summed E-state index contributed by atoms with van der Waals surface area (Å²) in [4.78, 5) is 0. The van der Waals surface area contributed by atoms with Crippen LogP contribution < -0.4 is 0 Å². The second-order valence-electron chi connectivity index (χ2n) is 2.70. The number of hydrogen-bond donors (Lipinski definition) is 1. The van der Waals surface area contributed by atoms with Crippen molar-refractivity contribution in [2.75, 3.05) is 0 Å². The minimum atomic E-state index is -0.239. The van der Waals surface area contributed by atoms with Crippen molar-refractivity contribution in [1.29, 1.82) is 5.26 Å². The van der Waals surface area contributed by atoms with Gasteiger partial charge in [-0.3, -0.25) is 0 Å². The Bertz CT molecular complexity index is 117. The molecule has 0 aromatic rings. The van der Waals surface area contributed by atoms with E-state index in [1.54, 1.807) is 0 Å². The predicted octanol–water partition coefficient (Wildman–Crippen LogP) is 2.05. The van der Waals surface area contributed by atoms with Gasteiger partial charge in [-0.25, -0.2) is 0 Å². The topological polar surface area (TPSA) is 44.0 Å². The largest absolute Gasteiger partial charge is 0.393 e. The molecule has 1 radical (unpaired) electrons. The van der Waals surface area contributed by atoms with Crippen LogP contribution in [-0.2, 0) is 0 Å². The van der Waals surface area contributed by atoms with E-state index in [1.807, 2.05) is 0 Å². The van der Waals surface area contributed by atoms with E-state index in [0.717, 1.165) is 25.7 Å². The van der Waals surface area contributed by atoms with Crippen LogP contribution in [0.5, 0.6) is 0 Å². The summed E-state index contributed by atoms with van der Waals surface area (Å²) in [5, 5.41) is 17.3. The smallest absolute Gasteiger partial charge is 0.0621 e. The molecule has 0 saturated carbocycles. The molecule has 0 rings (SSSR count). The molecule has 0 heterocycles. The van der Waals surface area contributed by atoms with E-state index in [0.29, 0.717) is 12.8 Å². The molecule has 0 aromatic heterocycles. The van der Waals surface area contributed by atoms with Gasteiger partial charge in [0.15, 0.2) is 0 Å². The van der Waals surface area contributed by atoms with E-state index in [4.69, 9.17) is 10.4 Å². The highest BCUT2D eigenvalue weighted by Crippen LogP contribution is 2.06. The van der Waals surface area contributed by atoms with Crippen LogP contribution in [0, 0.1) is 18.3 Å². The average molecular weight is 154 g/mol. The van der Waals surface area contributed by atoms with Gasteiger partial charge < -0.3 is 5.11 Å². The molecule has 0 fully saturated rings. The number of aliphatic hydroxyl groups excluding tert-OH is 1. The Kier molecular flexibility index (Phi) is 7.18. The number of hydrogen-bond acceptors (Lipinski definition) is 2. The molecule has 0 bridgehead atoms. The Morgan fingerprint density at radius 3 is 2.64 bits per heavy atom. The van der Waals surface area contributed by atoms with Crippen molar-refractivity contribution in [3.63, 3.8) is 0 Å². The van der Waals surface area contributed by atoms with Gasteiger partial charge in [-0.1, -0.05) is 19.8 Å². The normalized spacial score (nSPS) is 12.5. The zero-order chi connectivity index (χ0) is 8.53. The van der Waals surface area contributed by atoms with Gasteiger partial charge in [0.1, 0.15) is 0 Å². The lowest BCUT2D eigenvalue weighted by Gasteiger charge is -2.05. The number of nitriles is 1. The lowest BCUT2D eigenvalue weighted by Crippen LogP contribution is -2.03. The maximum Gasteiger partial charge on any atom is 0.0621 e. The summed E-state index contributed by atoms with van der Waals surface area (Å²) >= 11 is 0. The van der Waals surface area contributed by atoms with Crippen LogP contribution in [0.4, 0.5) is 0 Å². The van der Waals surface area contributed by atoms with Gasteiger partial charge in [0.25, 0.3) is 0 Å². The van der Waals surface area contributed by atoms with E-state index in [2.05, 4.69) is 13.0 Å². The van der Waals surface area contributed by atoms with Gasteiger partial charge in [-0.05, 0) is 19.3 Å². The van der Waals surface area contributed by atoms with Crippen molar-refractivity contribution in [3.8, 4) is 6.07 Å². The molecule has 2 heteroatoms. The number of nitrogens with zero attached hydrogens (tertiary/aromatic N) is 1. The van der Waals surface area contributed by atoms with Crippen LogP contribution >= 0.6 is 0 Å². The maximum atomic E-state index is 9.09. The summed E-state index contributed by atoms with van der Waals surface area (Å²) in [5.74, 6) is 0. The van der Waals surface area contributed by atoms with E-state index < -0.39 is 0 Å². The Morgan fingerprint density at radius 1 is 1.36 bits per heavy atom. The highest BCUT2D eigenvalue weighted by molar-refractivity contribution is 4.68. The second kappa shape index (κ2) is 7.56. The third kappa shape index (κ3) is 7.35. The maximum absolute atomic E-state index is 9.09. The molecule has 11 heavy (non-hydrogen) atoms. The molecule has 63 valence electrons. The summed E-state index contributed by atoms with van der Waals surface area (Å²) in [6, 6.07) is 2.09. The molecule has 0 aliphatic rings. The minimum absolute atomic E-state index is 0.239. The van der Waals surface area contributed by atoms with Crippen molar-refractivity contribution in [2.24, 2.45) is 0 Å². The zero-order valence-corrected chi connectivity index (χ0v) is 6.92. The number of rotatable bonds is 6. The third-order valence-corrected chi connectivity index (χ3v) is 1.66. The molecule has 1 atom stereocenters. The molecular formula is C9H16NO. The first kappa shape index (κ1) is 10.4. The molecule has 0 saturated heterocycles. The first-order chi connectivity index (χ1) is 5.31. The standard InChI is InChI=1S/C9H16NO/c1-2-9(11)7-5-3-4-6-8-10/h9,11H,1-7H2. The molecule has 0 aliphatic carbocycles. The molecule has 0 aliphatic heterocycles. The number of unbranched alkanes of at least 4 members (excludes halogenated alkanes) is 3. The van der Waals surface area contributed by atoms with Crippen LogP contribution in [0.2, 0.25) is 0 Å². The summed E-state index contributed by atoms with van der Waals surface area (Å²) in [5.41, 5.74) is 0. The summed E-state index contributed by atoms with van der Waals surface area (Å²) in [6.07, 6.45) is 4.84. The molecule has 1 unspecified atom stereocenters. The van der Waals surface area contributed by atoms with Crippen molar-refractivity contribution in [2.45, 2.75) is 44.6 Å². The van der Waals surface area contributed by atoms with Crippen molar-refractivity contribution in [3.05, 3.63) is 6.92 Å². The lowest BCUT2D eigenvalue weighted by atomic mass is 10.1. The molecular weight excluding hydrogens is 138 g/mol. The summed E-state index contributed by atoms with van der Waals surface area (Å²) in [6.45, 7) is 3.60. The van der Waals surface area contributed by atoms with Crippen molar-refractivity contribution in [1.82, 2.24) is 0 Å². The molecule has 0 spiro atoms. The van der Waals surface area contributed by atoms with Crippen LogP contribution in [0.1, 0.15) is 38.5 Å². The van der Waals surface area contributed by atoms with Gasteiger partial charge in [0.05, 0.1) is 12.2 Å². The number of aliphatic hydroxyl groups is 1. The molecule has 1 N–H and O–H groups in total. The van der Waals surface area contributed by atoms with Crippen LogP contribution in [0.25, 0.3) is 0 Å². The van der Waals surface area contributed by atoms with Crippen LogP contribution in [0.15, 0.2) is 0 Å². The van der Waals surface area contributed by atoms with Gasteiger partial charge in [0, 0.05) is 6.42 Å². The Labute approximate surface area is 68.8 Å². The monoisotopic (exact) mass is 154 g/mol. The van der Waals surface area contributed by atoms with Gasteiger partial charge >= 0.3 is 0 Å². The molecule has 0 aromatic carbocycles. The van der Waals surface area contributed by atoms with E-state index in [-0.39, 0.29) is 6.10 Å². The molecule has 2 nitrogen and oxygen atoms in total. The zero-order valence-electron chi connectivity index (χ0n) is 6.92. The Morgan fingerprint density at radius 2 is 2.09 bits per heavy atom. The lowest BCUT2D eigenvalue weighted by molar-refractivity contribution is 0.163. The first-order valence-electron chi connectivity index (χ1n) is 4.15.